The van der Waals surface area contributed by atoms with Crippen LogP contribution in [0.4, 0.5) is 5.69 Å². The number of aromatic nitrogens is 1. The molecule has 0 aliphatic carbocycles. The topological polar surface area (TPSA) is 62.8 Å². The van der Waals surface area contributed by atoms with Gasteiger partial charge in [-0.15, -0.1) is 0 Å². The summed E-state index contributed by atoms with van der Waals surface area (Å²) in [6, 6.07) is 18.1. The molecule has 3 N–H and O–H groups in total. The van der Waals surface area contributed by atoms with Gasteiger partial charge in [0.05, 0.1) is 5.69 Å². The van der Waals surface area contributed by atoms with E-state index in [4.69, 9.17) is 11.1 Å². The van der Waals surface area contributed by atoms with Crippen molar-refractivity contribution in [1.82, 2.24) is 4.98 Å². The van der Waals surface area contributed by atoms with Crippen LogP contribution in [-0.2, 0) is 0 Å². The molecule has 0 spiro atoms. The van der Waals surface area contributed by atoms with E-state index in [1.54, 1.807) is 0 Å². The van der Waals surface area contributed by atoms with Crippen molar-refractivity contribution in [3.8, 4) is 22.4 Å². The van der Waals surface area contributed by atoms with E-state index < -0.39 is 0 Å². The molecule has 0 atom stereocenters. The van der Waals surface area contributed by atoms with Gasteiger partial charge in [-0.05, 0) is 54.8 Å². The van der Waals surface area contributed by atoms with Crippen LogP contribution in [0.2, 0.25) is 0 Å². The lowest BCUT2D eigenvalue weighted by molar-refractivity contribution is 1.20. The van der Waals surface area contributed by atoms with Gasteiger partial charge >= 0.3 is 0 Å². The van der Waals surface area contributed by atoms with Gasteiger partial charge in [-0.25, -0.2) is 0 Å². The van der Waals surface area contributed by atoms with Crippen molar-refractivity contribution >= 4 is 11.9 Å². The van der Waals surface area contributed by atoms with Gasteiger partial charge < -0.3 is 11.1 Å². The highest BCUT2D eigenvalue weighted by atomic mass is 14.7. The maximum Gasteiger partial charge on any atom is 0.0714 e. The van der Waals surface area contributed by atoms with Crippen molar-refractivity contribution in [1.29, 1.82) is 5.41 Å². The van der Waals surface area contributed by atoms with E-state index in [-0.39, 0.29) is 0 Å². The lowest BCUT2D eigenvalue weighted by atomic mass is 9.92. The fourth-order valence-electron chi connectivity index (χ4n) is 2.80. The summed E-state index contributed by atoms with van der Waals surface area (Å²) in [6.45, 7) is 4.09. The number of pyridine rings is 1. The molecule has 3 aromatic rings. The Morgan fingerprint density at radius 3 is 2.52 bits per heavy atom. The molecule has 114 valence electrons. The number of aryl methyl sites for hydroxylation is 2. The Kier molecular flexibility index (Phi) is 3.94. The van der Waals surface area contributed by atoms with Crippen molar-refractivity contribution in [2.45, 2.75) is 13.8 Å². The average Bonchev–Trinajstić information content (AvgIpc) is 2.55. The molecule has 0 saturated heterocycles. The largest absolute Gasteiger partial charge is 0.398 e. The number of anilines is 1. The third kappa shape index (κ3) is 2.86. The van der Waals surface area contributed by atoms with Crippen LogP contribution in [0.3, 0.4) is 0 Å². The molecule has 2 aromatic carbocycles. The molecule has 0 radical (unpaired) electrons. The van der Waals surface area contributed by atoms with Gasteiger partial charge in [0.2, 0.25) is 0 Å². The molecular formula is C20H19N3. The van der Waals surface area contributed by atoms with Crippen LogP contribution in [-0.4, -0.2) is 11.2 Å². The van der Waals surface area contributed by atoms with Crippen molar-refractivity contribution in [2.75, 3.05) is 5.73 Å². The first-order valence-electron chi connectivity index (χ1n) is 7.54. The average molecular weight is 301 g/mol. The first kappa shape index (κ1) is 15.0. The van der Waals surface area contributed by atoms with E-state index in [2.05, 4.69) is 24.0 Å². The molecule has 0 bridgehead atoms. The Bertz CT molecular complexity index is 882. The van der Waals surface area contributed by atoms with Crippen LogP contribution in [0, 0.1) is 19.3 Å². The molecule has 0 saturated carbocycles. The summed E-state index contributed by atoms with van der Waals surface area (Å²) < 4.78 is 0. The first-order valence-corrected chi connectivity index (χ1v) is 7.54. The normalized spacial score (nSPS) is 10.5. The second-order valence-electron chi connectivity index (χ2n) is 5.65. The fourth-order valence-corrected chi connectivity index (χ4v) is 2.80. The van der Waals surface area contributed by atoms with Crippen LogP contribution < -0.4 is 5.73 Å². The molecule has 1 heterocycles. The summed E-state index contributed by atoms with van der Waals surface area (Å²) in [4.78, 5) is 4.68. The highest BCUT2D eigenvalue weighted by molar-refractivity contribution is 5.91. The van der Waals surface area contributed by atoms with E-state index >= 15 is 0 Å². The lowest BCUT2D eigenvalue weighted by Crippen LogP contribution is -1.96. The number of nitrogen functional groups attached to an aromatic ring is 1. The molecule has 3 heteroatoms. The van der Waals surface area contributed by atoms with Gasteiger partial charge in [0.1, 0.15) is 0 Å². The van der Waals surface area contributed by atoms with Crippen LogP contribution >= 0.6 is 0 Å². The molecule has 0 amide bonds. The predicted molar refractivity (Wildman–Crippen MR) is 96.9 cm³/mol. The van der Waals surface area contributed by atoms with Gasteiger partial charge in [-0.1, -0.05) is 30.3 Å². The van der Waals surface area contributed by atoms with Gasteiger partial charge in [0.15, 0.2) is 0 Å². The van der Waals surface area contributed by atoms with Crippen molar-refractivity contribution in [3.63, 3.8) is 0 Å². The van der Waals surface area contributed by atoms with Gasteiger partial charge in [0.25, 0.3) is 0 Å². The van der Waals surface area contributed by atoms with E-state index in [1.807, 2.05) is 49.4 Å². The summed E-state index contributed by atoms with van der Waals surface area (Å²) in [5.74, 6) is 0. The Hall–Kier alpha value is -2.94. The maximum absolute atomic E-state index is 7.51. The maximum atomic E-state index is 7.51. The van der Waals surface area contributed by atoms with E-state index in [0.717, 1.165) is 33.6 Å². The van der Waals surface area contributed by atoms with Gasteiger partial charge in [0, 0.05) is 28.7 Å². The third-order valence-corrected chi connectivity index (χ3v) is 3.97. The zero-order valence-electron chi connectivity index (χ0n) is 13.3. The Morgan fingerprint density at radius 2 is 1.78 bits per heavy atom. The zero-order chi connectivity index (χ0) is 16.4. The quantitative estimate of drug-likeness (QED) is 0.548. The molecule has 1 aromatic heterocycles. The number of hydrogen-bond acceptors (Lipinski definition) is 3. The zero-order valence-corrected chi connectivity index (χ0v) is 13.3. The van der Waals surface area contributed by atoms with Crippen LogP contribution in [0.25, 0.3) is 22.4 Å². The van der Waals surface area contributed by atoms with Gasteiger partial charge in [-0.2, -0.15) is 0 Å². The number of nitrogens with two attached hydrogens (primary N) is 1. The second-order valence-corrected chi connectivity index (χ2v) is 5.65. The molecule has 0 aliphatic rings. The smallest absolute Gasteiger partial charge is 0.0714 e. The molecule has 3 rings (SSSR count). The summed E-state index contributed by atoms with van der Waals surface area (Å²) in [5.41, 5.74) is 13.7. The number of hydrogen-bond donors (Lipinski definition) is 2. The van der Waals surface area contributed by atoms with E-state index in [9.17, 15) is 0 Å². The number of nitrogens with one attached hydrogen (secondary N) is 1. The highest BCUT2D eigenvalue weighted by Gasteiger charge is 2.12. The summed E-state index contributed by atoms with van der Waals surface area (Å²) in [7, 11) is 0. The molecule has 23 heavy (non-hydrogen) atoms. The third-order valence-electron chi connectivity index (χ3n) is 3.97. The Morgan fingerprint density at radius 1 is 1.00 bits per heavy atom. The highest BCUT2D eigenvalue weighted by Crippen LogP contribution is 2.34. The second kappa shape index (κ2) is 6.05. The summed E-state index contributed by atoms with van der Waals surface area (Å²) in [6.07, 6.45) is 1.29. The van der Waals surface area contributed by atoms with Gasteiger partial charge in [-0.3, -0.25) is 4.98 Å². The minimum atomic E-state index is 0.617. The fraction of sp³-hybridized carbons (Fsp3) is 0.100. The first-order chi connectivity index (χ1) is 11.1. The van der Waals surface area contributed by atoms with Crippen LogP contribution in [0.1, 0.15) is 16.8 Å². The summed E-state index contributed by atoms with van der Waals surface area (Å²) >= 11 is 0. The van der Waals surface area contributed by atoms with Crippen LogP contribution in [0.15, 0.2) is 54.6 Å². The number of nitrogens with zero attached hydrogens (tertiary/aromatic N) is 1. The minimum absolute atomic E-state index is 0.617. The predicted octanol–water partition coefficient (Wildman–Crippen LogP) is 4.61. The van der Waals surface area contributed by atoms with E-state index in [0.29, 0.717) is 5.69 Å². The molecular weight excluding hydrogens is 282 g/mol. The van der Waals surface area contributed by atoms with E-state index in [1.165, 1.54) is 11.8 Å². The monoisotopic (exact) mass is 301 g/mol. The number of benzene rings is 2. The molecule has 0 aliphatic heterocycles. The van der Waals surface area contributed by atoms with Crippen molar-refractivity contribution in [2.24, 2.45) is 0 Å². The Balaban J connectivity index is 2.25. The minimum Gasteiger partial charge on any atom is -0.398 e. The lowest BCUT2D eigenvalue weighted by Gasteiger charge is -2.14. The molecule has 0 fully saturated rings. The SMILES string of the molecule is Cc1cccc(-c2c(C)cccc2-c2ccc(N)c(C=N)c2)n1. The number of rotatable bonds is 3. The molecule has 3 nitrogen and oxygen atoms in total. The molecule has 0 unspecified atom stereocenters. The standard InChI is InChI=1S/C20H19N3/c1-13-5-3-7-17(15-9-10-18(22)16(11-15)12-21)20(13)19-8-4-6-14(2)23-19/h3-12,21H,22H2,1-2H3. The van der Waals surface area contributed by atoms with Crippen molar-refractivity contribution < 1.29 is 0 Å². The Labute approximate surface area is 136 Å². The summed E-state index contributed by atoms with van der Waals surface area (Å²) in [5, 5.41) is 7.51. The van der Waals surface area contributed by atoms with Crippen LogP contribution in [0.5, 0.6) is 0 Å². The van der Waals surface area contributed by atoms with Crippen molar-refractivity contribution in [3.05, 3.63) is 71.4 Å².